The molecule has 0 bridgehead atoms. The van der Waals surface area contributed by atoms with Crippen LogP contribution >= 0.6 is 0 Å². The summed E-state index contributed by atoms with van der Waals surface area (Å²) in [4.78, 5) is 7.82. The van der Waals surface area contributed by atoms with Gasteiger partial charge >= 0.3 is 0 Å². The van der Waals surface area contributed by atoms with Gasteiger partial charge in [0, 0.05) is 6.07 Å². The Kier molecular flexibility index (Phi) is 3.99. The third-order valence-electron chi connectivity index (χ3n) is 2.39. The van der Waals surface area contributed by atoms with E-state index in [2.05, 4.69) is 15.4 Å². The molecule has 1 aromatic carbocycles. The molecule has 7 heteroatoms. The molecule has 100 valence electrons. The lowest BCUT2D eigenvalue weighted by Gasteiger charge is -2.08. The summed E-state index contributed by atoms with van der Waals surface area (Å²) in [5.74, 6) is 6.88. The molecule has 5 N–H and O–H groups in total. The van der Waals surface area contributed by atoms with Crippen LogP contribution in [0.2, 0.25) is 0 Å². The standard InChI is InChI=1S/C12H15N5O2/c1-18-9-4-2-3-8(5-9)7-19-11-6-10(17-14)15-12(13)16-11/h2-6H,7,14H2,1H3,(H3,13,15,16,17). The molecule has 0 aliphatic carbocycles. The Bertz CT molecular complexity index is 562. The van der Waals surface area contributed by atoms with Gasteiger partial charge in [0.15, 0.2) is 0 Å². The highest BCUT2D eigenvalue weighted by Crippen LogP contribution is 2.17. The molecule has 19 heavy (non-hydrogen) atoms. The number of nitrogens with two attached hydrogens (primary N) is 2. The van der Waals surface area contributed by atoms with Gasteiger partial charge in [-0.05, 0) is 17.7 Å². The van der Waals surface area contributed by atoms with Crippen LogP contribution in [0.25, 0.3) is 0 Å². The number of ether oxygens (including phenoxy) is 2. The Morgan fingerprint density at radius 2 is 2.11 bits per heavy atom. The number of hydrogen-bond donors (Lipinski definition) is 3. The van der Waals surface area contributed by atoms with Gasteiger partial charge in [0.2, 0.25) is 11.8 Å². The predicted octanol–water partition coefficient (Wildman–Crippen LogP) is 0.932. The van der Waals surface area contributed by atoms with Crippen LogP contribution in [-0.4, -0.2) is 17.1 Å². The molecular weight excluding hydrogens is 246 g/mol. The molecule has 2 rings (SSSR count). The summed E-state index contributed by atoms with van der Waals surface area (Å²) >= 11 is 0. The maximum atomic E-state index is 5.53. The van der Waals surface area contributed by atoms with E-state index in [-0.39, 0.29) is 5.95 Å². The lowest BCUT2D eigenvalue weighted by molar-refractivity contribution is 0.293. The summed E-state index contributed by atoms with van der Waals surface area (Å²) < 4.78 is 10.7. The van der Waals surface area contributed by atoms with Crippen LogP contribution in [0.15, 0.2) is 30.3 Å². The van der Waals surface area contributed by atoms with E-state index in [4.69, 9.17) is 21.1 Å². The molecule has 0 fully saturated rings. The molecule has 0 amide bonds. The van der Waals surface area contributed by atoms with Crippen LogP contribution in [0, 0.1) is 0 Å². The van der Waals surface area contributed by atoms with Gasteiger partial charge in [-0.2, -0.15) is 9.97 Å². The number of anilines is 2. The number of nitrogen functional groups attached to an aromatic ring is 2. The second-order valence-corrected chi connectivity index (χ2v) is 3.73. The SMILES string of the molecule is COc1cccc(COc2cc(NN)nc(N)n2)c1. The van der Waals surface area contributed by atoms with Crippen LogP contribution in [0.3, 0.4) is 0 Å². The highest BCUT2D eigenvalue weighted by atomic mass is 16.5. The van der Waals surface area contributed by atoms with Crippen LogP contribution in [0.1, 0.15) is 5.56 Å². The van der Waals surface area contributed by atoms with Gasteiger partial charge < -0.3 is 20.6 Å². The number of benzene rings is 1. The third kappa shape index (κ3) is 3.46. The van der Waals surface area contributed by atoms with Crippen molar-refractivity contribution in [1.82, 2.24) is 9.97 Å². The van der Waals surface area contributed by atoms with E-state index in [9.17, 15) is 0 Å². The van der Waals surface area contributed by atoms with E-state index in [1.165, 1.54) is 0 Å². The normalized spacial score (nSPS) is 10.0. The molecule has 1 heterocycles. The lowest BCUT2D eigenvalue weighted by atomic mass is 10.2. The van der Waals surface area contributed by atoms with Crippen molar-refractivity contribution in [3.63, 3.8) is 0 Å². The first-order chi connectivity index (χ1) is 9.21. The Morgan fingerprint density at radius 3 is 2.84 bits per heavy atom. The molecule has 0 saturated heterocycles. The number of rotatable bonds is 5. The van der Waals surface area contributed by atoms with E-state index in [0.29, 0.717) is 18.3 Å². The fourth-order valence-corrected chi connectivity index (χ4v) is 1.51. The summed E-state index contributed by atoms with van der Waals surface area (Å²) in [5, 5.41) is 0. The molecular formula is C12H15N5O2. The molecule has 7 nitrogen and oxygen atoms in total. The number of hydrazine groups is 1. The second kappa shape index (κ2) is 5.87. The first-order valence-corrected chi connectivity index (χ1v) is 5.58. The number of nitrogens with zero attached hydrogens (tertiary/aromatic N) is 2. The third-order valence-corrected chi connectivity index (χ3v) is 2.39. The van der Waals surface area contributed by atoms with E-state index < -0.39 is 0 Å². The maximum absolute atomic E-state index is 5.53. The van der Waals surface area contributed by atoms with Crippen LogP contribution in [0.4, 0.5) is 11.8 Å². The minimum atomic E-state index is 0.0936. The number of nitrogens with one attached hydrogen (secondary N) is 1. The molecule has 2 aromatic rings. The molecule has 0 unspecified atom stereocenters. The van der Waals surface area contributed by atoms with Gasteiger partial charge in [0.05, 0.1) is 7.11 Å². The summed E-state index contributed by atoms with van der Waals surface area (Å²) in [7, 11) is 1.62. The van der Waals surface area contributed by atoms with Crippen molar-refractivity contribution in [2.24, 2.45) is 5.84 Å². The zero-order valence-electron chi connectivity index (χ0n) is 10.5. The van der Waals surface area contributed by atoms with E-state index in [1.54, 1.807) is 13.2 Å². The van der Waals surface area contributed by atoms with Crippen LogP contribution in [-0.2, 0) is 6.61 Å². The summed E-state index contributed by atoms with van der Waals surface area (Å²) in [6.07, 6.45) is 0. The number of aromatic nitrogens is 2. The van der Waals surface area contributed by atoms with E-state index in [0.717, 1.165) is 11.3 Å². The van der Waals surface area contributed by atoms with Crippen LogP contribution < -0.4 is 26.5 Å². The van der Waals surface area contributed by atoms with Gasteiger partial charge in [-0.15, -0.1) is 0 Å². The van der Waals surface area contributed by atoms with E-state index >= 15 is 0 Å². The highest BCUT2D eigenvalue weighted by Gasteiger charge is 2.03. The first kappa shape index (κ1) is 12.9. The predicted molar refractivity (Wildman–Crippen MR) is 71.6 cm³/mol. The Morgan fingerprint density at radius 1 is 1.26 bits per heavy atom. The van der Waals surface area contributed by atoms with Crippen molar-refractivity contribution in [3.8, 4) is 11.6 Å². The summed E-state index contributed by atoms with van der Waals surface area (Å²) in [6.45, 7) is 0.345. The Balaban J connectivity index is 2.07. The second-order valence-electron chi connectivity index (χ2n) is 3.73. The molecule has 0 atom stereocenters. The quantitative estimate of drug-likeness (QED) is 0.542. The average molecular weight is 261 g/mol. The zero-order chi connectivity index (χ0) is 13.7. The van der Waals surface area contributed by atoms with Crippen molar-refractivity contribution < 1.29 is 9.47 Å². The fourth-order valence-electron chi connectivity index (χ4n) is 1.51. The largest absolute Gasteiger partial charge is 0.497 e. The Labute approximate surface area is 110 Å². The lowest BCUT2D eigenvalue weighted by Crippen LogP contribution is -2.11. The van der Waals surface area contributed by atoms with E-state index in [1.807, 2.05) is 24.3 Å². The minimum Gasteiger partial charge on any atom is -0.497 e. The van der Waals surface area contributed by atoms with Crippen molar-refractivity contribution in [3.05, 3.63) is 35.9 Å². The molecule has 0 aliphatic heterocycles. The van der Waals surface area contributed by atoms with Gasteiger partial charge in [-0.3, -0.25) is 0 Å². The smallest absolute Gasteiger partial charge is 0.225 e. The maximum Gasteiger partial charge on any atom is 0.225 e. The van der Waals surface area contributed by atoms with Crippen molar-refractivity contribution >= 4 is 11.8 Å². The zero-order valence-corrected chi connectivity index (χ0v) is 10.5. The molecule has 0 saturated carbocycles. The van der Waals surface area contributed by atoms with Crippen molar-refractivity contribution in [1.29, 1.82) is 0 Å². The van der Waals surface area contributed by atoms with Crippen molar-refractivity contribution in [2.75, 3.05) is 18.3 Å². The molecule has 0 aliphatic rings. The molecule has 0 spiro atoms. The van der Waals surface area contributed by atoms with Gasteiger partial charge in [-0.1, -0.05) is 12.1 Å². The average Bonchev–Trinajstić information content (AvgIpc) is 2.44. The van der Waals surface area contributed by atoms with Gasteiger partial charge in [-0.25, -0.2) is 5.84 Å². The monoisotopic (exact) mass is 261 g/mol. The topological polar surface area (TPSA) is 108 Å². The number of hydrogen-bond acceptors (Lipinski definition) is 7. The van der Waals surface area contributed by atoms with Crippen molar-refractivity contribution in [2.45, 2.75) is 6.61 Å². The first-order valence-electron chi connectivity index (χ1n) is 5.58. The molecule has 0 radical (unpaired) electrons. The highest BCUT2D eigenvalue weighted by molar-refractivity contribution is 5.41. The summed E-state index contributed by atoms with van der Waals surface area (Å²) in [6, 6.07) is 9.12. The van der Waals surface area contributed by atoms with Gasteiger partial charge in [0.25, 0.3) is 0 Å². The van der Waals surface area contributed by atoms with Gasteiger partial charge in [0.1, 0.15) is 18.2 Å². The summed E-state index contributed by atoms with van der Waals surface area (Å²) in [5.41, 5.74) is 8.88. The number of methoxy groups -OCH3 is 1. The fraction of sp³-hybridized carbons (Fsp3) is 0.167. The Hall–Kier alpha value is -2.54. The van der Waals surface area contributed by atoms with Crippen LogP contribution in [0.5, 0.6) is 11.6 Å². The molecule has 1 aromatic heterocycles. The minimum absolute atomic E-state index is 0.0936.